The molecule has 2 atom stereocenters. The van der Waals surface area contributed by atoms with Crippen LogP contribution in [0.15, 0.2) is 35.0 Å². The molecular formula is C84H139B3F3NaO30S. The summed E-state index contributed by atoms with van der Waals surface area (Å²) in [5.74, 6) is -0.760. The van der Waals surface area contributed by atoms with Gasteiger partial charge in [-0.05, 0) is 209 Å². The van der Waals surface area contributed by atoms with Gasteiger partial charge in [-0.1, -0.05) is 11.6 Å². The molecule has 0 aromatic rings. The van der Waals surface area contributed by atoms with Gasteiger partial charge in [0.25, 0.3) is 0 Å². The zero-order chi connectivity index (χ0) is 90.3. The maximum atomic E-state index is 12.1. The van der Waals surface area contributed by atoms with Crippen molar-refractivity contribution in [3.63, 3.8) is 0 Å². The zero-order valence-electron chi connectivity index (χ0n) is 77.2. The van der Waals surface area contributed by atoms with Gasteiger partial charge in [-0.25, -0.2) is 4.79 Å². The van der Waals surface area contributed by atoms with Crippen molar-refractivity contribution in [3.05, 3.63) is 35.0 Å². The number of ether oxygens (including phenoxy) is 13. The number of Topliss-reactive ketones (excluding diaryl/α,β-unsaturated/α-hetero) is 2. The summed E-state index contributed by atoms with van der Waals surface area (Å²) in [6, 6.07) is 0. The number of alkyl halides is 3. The van der Waals surface area contributed by atoms with E-state index >= 15 is 0 Å². The average Bonchev–Trinajstić information content (AvgIpc) is 1.60. The molecule has 0 aromatic heterocycles. The molecule has 13 rings (SSSR count). The van der Waals surface area contributed by atoms with E-state index in [1.807, 2.05) is 55.4 Å². The second kappa shape index (κ2) is 50.5. The summed E-state index contributed by atoms with van der Waals surface area (Å²) in [5, 5.41) is 0. The number of esters is 6. The largest absolute Gasteiger partial charge is 1.00 e. The number of hydrogen-bond donors (Lipinski definition) is 0. The Morgan fingerprint density at radius 3 is 1.11 bits per heavy atom. The van der Waals surface area contributed by atoms with Crippen LogP contribution in [-0.4, -0.2) is 228 Å². The fourth-order valence-electron chi connectivity index (χ4n) is 14.7. The van der Waals surface area contributed by atoms with Crippen molar-refractivity contribution in [2.75, 3.05) is 95.0 Å². The molecular weight excluding hydrogens is 1630 g/mol. The Bertz CT molecular complexity index is 3410. The normalized spacial score (nSPS) is 25.0. The molecule has 0 N–H and O–H groups in total. The first-order chi connectivity index (χ1) is 56.6. The zero-order valence-corrected chi connectivity index (χ0v) is 79.0. The van der Waals surface area contributed by atoms with Crippen LogP contribution in [0.1, 0.15) is 278 Å². The van der Waals surface area contributed by atoms with Crippen LogP contribution in [0.4, 0.5) is 13.2 Å². The summed E-state index contributed by atoms with van der Waals surface area (Å²) in [4.78, 5) is 86.9. The number of halogens is 3. The summed E-state index contributed by atoms with van der Waals surface area (Å²) in [5.41, 5.74) is -5.11. The first-order valence-corrected chi connectivity index (χ1v) is 44.1. The molecule has 7 aliphatic heterocycles. The van der Waals surface area contributed by atoms with Crippen LogP contribution < -0.4 is 29.6 Å². The smallest absolute Gasteiger partial charge is 1.00 e. The van der Waals surface area contributed by atoms with E-state index in [1.165, 1.54) is 66.9 Å². The molecule has 0 radical (unpaired) electrons. The van der Waals surface area contributed by atoms with Crippen LogP contribution in [-0.2, 0) is 142 Å². The van der Waals surface area contributed by atoms with E-state index in [1.54, 1.807) is 13.0 Å². The maximum absolute atomic E-state index is 12.1. The number of methoxy groups -OCH3 is 5. The SMILES string of the molecule is C1CCOC1.CC1(C)OB(B2OC(C)(C)C(C)(C)O2)OC1(C)C.CCOC(C)=O.COC(=O)C=C1CCC2(CC1)OCCO2.COC(=O)CC1CC=C(B2OC(C)(C)C(C)(C)O2)CC1.COC(=O)CC1CC=C(OS(=O)(=O)C(F)(F)F)CC1.COC(=O)CC1CCC(=O)CC1.COC(=O)CC1CCC2(CC1)OCCO2.O=C1CCC2(CC1)OCCO2.[H-].[Na+]. The molecule has 692 valence electrons. The van der Waals surface area contributed by atoms with Crippen LogP contribution in [0.2, 0.25) is 0 Å². The van der Waals surface area contributed by atoms with E-state index in [2.05, 4.69) is 61.6 Å². The molecule has 4 saturated carbocycles. The van der Waals surface area contributed by atoms with Gasteiger partial charge >= 0.3 is 102 Å². The summed E-state index contributed by atoms with van der Waals surface area (Å²) < 4.78 is 163. The third-order valence-electron chi connectivity index (χ3n) is 24.5. The number of ketones is 2. The Morgan fingerprint density at radius 1 is 0.459 bits per heavy atom. The monoisotopic (exact) mass is 1770 g/mol. The number of rotatable bonds is 14. The Labute approximate surface area is 745 Å². The van der Waals surface area contributed by atoms with E-state index in [4.69, 9.17) is 65.8 Å². The van der Waals surface area contributed by atoms with Gasteiger partial charge in [0.15, 0.2) is 17.4 Å². The second-order valence-electron chi connectivity index (χ2n) is 35.0. The molecule has 0 amide bonds. The molecule has 7 saturated heterocycles. The van der Waals surface area contributed by atoms with Crippen LogP contribution in [0.25, 0.3) is 0 Å². The topological polar surface area (TPSA) is 355 Å². The van der Waals surface area contributed by atoms with Crippen molar-refractivity contribution >= 4 is 78.6 Å². The second-order valence-corrected chi connectivity index (χ2v) is 36.6. The summed E-state index contributed by atoms with van der Waals surface area (Å²) in [7, 11) is 0.127. The van der Waals surface area contributed by atoms with Gasteiger partial charge < -0.3 is 95.1 Å². The molecule has 38 heteroatoms. The fourth-order valence-corrected chi connectivity index (χ4v) is 15.2. The van der Waals surface area contributed by atoms with Crippen molar-refractivity contribution in [2.24, 2.45) is 23.7 Å². The molecule has 30 nitrogen and oxygen atoms in total. The third-order valence-corrected chi connectivity index (χ3v) is 25.5. The molecule has 0 bridgehead atoms. The van der Waals surface area contributed by atoms with E-state index < -0.39 is 35.6 Å². The van der Waals surface area contributed by atoms with Gasteiger partial charge in [0.05, 0.1) is 115 Å². The van der Waals surface area contributed by atoms with E-state index in [-0.39, 0.29) is 150 Å². The minimum Gasteiger partial charge on any atom is -1.00 e. The first kappa shape index (κ1) is 110. The molecule has 2 unspecified atom stereocenters. The van der Waals surface area contributed by atoms with Crippen molar-refractivity contribution in [1.82, 2.24) is 0 Å². The number of carbonyl (C=O) groups is 8. The van der Waals surface area contributed by atoms with Gasteiger partial charge in [-0.15, -0.1) is 0 Å². The Balaban J connectivity index is 0.000000364. The van der Waals surface area contributed by atoms with Gasteiger partial charge in [0, 0.05) is 123 Å². The maximum Gasteiger partial charge on any atom is 1.00 e. The predicted octanol–water partition coefficient (Wildman–Crippen LogP) is 10.8. The molecule has 6 aliphatic carbocycles. The number of carbonyl (C=O) groups excluding carboxylic acids is 8. The molecule has 0 aromatic carbocycles. The summed E-state index contributed by atoms with van der Waals surface area (Å²) >= 11 is 0. The third kappa shape index (κ3) is 35.9. The van der Waals surface area contributed by atoms with Crippen LogP contribution >= 0.6 is 0 Å². The summed E-state index contributed by atoms with van der Waals surface area (Å²) in [6.07, 6.45) is 25.7. The Hall–Kier alpha value is -4.41. The van der Waals surface area contributed by atoms with E-state index in [0.717, 1.165) is 115 Å². The standard InChI is InChI=1S/C15H25BO4.C12H24B2O4.C11H18O4.C11H16O4.C10H13F3O5S.C9H14O3.C8H12O3.C4H8O2.C4H8O.Na.H/c1-14(2)15(3,4)20-16(19-14)12-8-6-11(7-9-12)10-13(17)18-5;1-9(2)10(3,4)16-13(15-9)14-17-11(5,6)12(7,8)18-14;2*1-13-10(12)8-9-2-4-11(5-3-9)14-6-7-15-11;1-17-9(14)6-7-2-4-8(5-3-7)18-19(15,16)10(11,12)13;1-12-9(11)6-7-2-4-8(10)5-3-7;9-7-1-3-8(4-2-7)10-5-6-11-8;1-3-6-4(2)5;1-2-4-5-3-1;;/h8,11H,6-7,9-10H2,1-5H3;1-8H3;9H,2-8H2,1H3;8H,2-7H2,1H3;4,7H,2-3,5-6H2,1H3;7H,2-6H2,1H3;1-6H2;3H2,1-2H3;1-4H2;;/q;;;;;;;;;+1;-1. The van der Waals surface area contributed by atoms with Crippen molar-refractivity contribution in [2.45, 2.75) is 333 Å². The Kier molecular flexibility index (Phi) is 45.5. The van der Waals surface area contributed by atoms with Crippen LogP contribution in [0, 0.1) is 23.7 Å². The average molecular weight is 1770 g/mol. The van der Waals surface area contributed by atoms with Gasteiger partial charge in [-0.3, -0.25) is 33.6 Å². The molecule has 122 heavy (non-hydrogen) atoms. The van der Waals surface area contributed by atoms with E-state index in [9.17, 15) is 59.9 Å². The van der Waals surface area contributed by atoms with Gasteiger partial charge in [0.1, 0.15) is 17.3 Å². The minimum atomic E-state index is -5.60. The van der Waals surface area contributed by atoms with Crippen molar-refractivity contribution in [3.8, 4) is 0 Å². The van der Waals surface area contributed by atoms with Gasteiger partial charge in [-0.2, -0.15) is 21.6 Å². The van der Waals surface area contributed by atoms with Gasteiger partial charge in [0.2, 0.25) is 0 Å². The molecule has 13 aliphatic rings. The minimum absolute atomic E-state index is 0. The quantitative estimate of drug-likeness (QED) is 0.0389. The molecule has 3 spiro atoms. The van der Waals surface area contributed by atoms with Crippen molar-refractivity contribution < 1.29 is 185 Å². The van der Waals surface area contributed by atoms with Crippen LogP contribution in [0.3, 0.4) is 0 Å². The number of allylic oxidation sites excluding steroid dienone is 5. The fraction of sp³-hybridized carbons (Fsp3) is 0.833. The van der Waals surface area contributed by atoms with Crippen LogP contribution in [0.5, 0.6) is 0 Å². The Morgan fingerprint density at radius 2 is 0.795 bits per heavy atom. The summed E-state index contributed by atoms with van der Waals surface area (Å²) in [6.45, 7) is 34.3. The molecule has 7 heterocycles. The van der Waals surface area contributed by atoms with E-state index in [0.29, 0.717) is 127 Å². The predicted molar refractivity (Wildman–Crippen MR) is 440 cm³/mol. The number of hydrogen-bond acceptors (Lipinski definition) is 30. The first-order valence-electron chi connectivity index (χ1n) is 42.6. The van der Waals surface area contributed by atoms with Crippen molar-refractivity contribution in [1.29, 1.82) is 0 Å². The molecule has 11 fully saturated rings.